The minimum absolute atomic E-state index is 0.262. The van der Waals surface area contributed by atoms with E-state index < -0.39 is 5.82 Å². The number of phenolic OH excluding ortho intramolecular Hbond substituents is 1. The van der Waals surface area contributed by atoms with E-state index in [1.807, 2.05) is 0 Å². The van der Waals surface area contributed by atoms with Crippen LogP contribution in [0, 0.1) is 5.82 Å². The Morgan fingerprint density at radius 2 is 2.00 bits per heavy atom. The van der Waals surface area contributed by atoms with Crippen LogP contribution in [0.4, 0.5) is 4.39 Å². The van der Waals surface area contributed by atoms with Crippen LogP contribution in [0.1, 0.15) is 38.2 Å². The van der Waals surface area contributed by atoms with Crippen molar-refractivity contribution < 1.29 is 9.50 Å². The van der Waals surface area contributed by atoms with Gasteiger partial charge in [-0.1, -0.05) is 32.3 Å². The lowest BCUT2D eigenvalue weighted by molar-refractivity contribution is 0.431. The van der Waals surface area contributed by atoms with E-state index in [0.717, 1.165) is 18.4 Å². The second-order valence-corrected chi connectivity index (χ2v) is 3.60. The van der Waals surface area contributed by atoms with Crippen molar-refractivity contribution in [1.29, 1.82) is 0 Å². The van der Waals surface area contributed by atoms with Gasteiger partial charge in [-0.3, -0.25) is 0 Å². The zero-order valence-corrected chi connectivity index (χ0v) is 8.59. The van der Waals surface area contributed by atoms with Crippen LogP contribution in [0.25, 0.3) is 0 Å². The molecule has 1 N–H and O–H groups in total. The van der Waals surface area contributed by atoms with Gasteiger partial charge in [-0.2, -0.15) is 0 Å². The fourth-order valence-corrected chi connectivity index (χ4v) is 1.46. The highest BCUT2D eigenvalue weighted by Gasteiger charge is 2.00. The van der Waals surface area contributed by atoms with Crippen molar-refractivity contribution in [2.24, 2.45) is 0 Å². The van der Waals surface area contributed by atoms with E-state index in [1.165, 1.54) is 31.4 Å². The van der Waals surface area contributed by atoms with Crippen molar-refractivity contribution in [3.63, 3.8) is 0 Å². The maximum Gasteiger partial charge on any atom is 0.165 e. The maximum absolute atomic E-state index is 12.9. The average Bonchev–Trinajstić information content (AvgIpc) is 2.18. The van der Waals surface area contributed by atoms with Crippen LogP contribution in [0.3, 0.4) is 0 Å². The number of benzene rings is 1. The minimum atomic E-state index is -0.516. The molecule has 0 amide bonds. The first-order chi connectivity index (χ1) is 6.74. The summed E-state index contributed by atoms with van der Waals surface area (Å²) in [4.78, 5) is 0. The number of aromatic hydroxyl groups is 1. The average molecular weight is 196 g/mol. The number of aryl methyl sites for hydroxylation is 1. The molecule has 1 rings (SSSR count). The van der Waals surface area contributed by atoms with Crippen LogP contribution in [0.5, 0.6) is 5.75 Å². The third-order valence-electron chi connectivity index (χ3n) is 2.33. The molecule has 1 aromatic carbocycles. The largest absolute Gasteiger partial charge is 0.505 e. The number of halogens is 1. The molecule has 0 saturated carbocycles. The van der Waals surface area contributed by atoms with Crippen LogP contribution in [-0.4, -0.2) is 5.11 Å². The zero-order valence-electron chi connectivity index (χ0n) is 8.59. The highest BCUT2D eigenvalue weighted by Crippen LogP contribution is 2.17. The summed E-state index contributed by atoms with van der Waals surface area (Å²) < 4.78 is 12.9. The Kier molecular flexibility index (Phi) is 4.44. The molecule has 0 aromatic heterocycles. The summed E-state index contributed by atoms with van der Waals surface area (Å²) in [6.07, 6.45) is 5.64. The van der Waals surface area contributed by atoms with E-state index in [0.29, 0.717) is 0 Å². The van der Waals surface area contributed by atoms with E-state index in [2.05, 4.69) is 6.92 Å². The smallest absolute Gasteiger partial charge is 0.165 e. The summed E-state index contributed by atoms with van der Waals surface area (Å²) in [7, 11) is 0. The molecule has 1 nitrogen and oxygen atoms in total. The van der Waals surface area contributed by atoms with Gasteiger partial charge in [0, 0.05) is 0 Å². The third kappa shape index (κ3) is 3.36. The molecule has 0 atom stereocenters. The first kappa shape index (κ1) is 11.0. The summed E-state index contributed by atoms with van der Waals surface area (Å²) >= 11 is 0. The fourth-order valence-electron chi connectivity index (χ4n) is 1.46. The van der Waals surface area contributed by atoms with Gasteiger partial charge in [0.25, 0.3) is 0 Å². The van der Waals surface area contributed by atoms with Gasteiger partial charge in [-0.05, 0) is 30.5 Å². The molecular formula is C12H17FO. The summed E-state index contributed by atoms with van der Waals surface area (Å²) in [5.74, 6) is -0.778. The summed E-state index contributed by atoms with van der Waals surface area (Å²) in [6, 6.07) is 4.62. The van der Waals surface area contributed by atoms with Crippen LogP contribution in [0.2, 0.25) is 0 Å². The maximum atomic E-state index is 12.9. The zero-order chi connectivity index (χ0) is 10.4. The molecule has 0 bridgehead atoms. The molecule has 2 heteroatoms. The van der Waals surface area contributed by atoms with Gasteiger partial charge in [0.15, 0.2) is 11.6 Å². The topological polar surface area (TPSA) is 20.2 Å². The first-order valence-electron chi connectivity index (χ1n) is 5.21. The molecule has 0 unspecified atom stereocenters. The van der Waals surface area contributed by atoms with Crippen molar-refractivity contribution >= 4 is 0 Å². The Hall–Kier alpha value is -1.05. The number of hydrogen-bond acceptors (Lipinski definition) is 1. The summed E-state index contributed by atoms with van der Waals surface area (Å²) in [6.45, 7) is 2.17. The highest BCUT2D eigenvalue weighted by molar-refractivity contribution is 5.27. The monoisotopic (exact) mass is 196 g/mol. The molecule has 0 fully saturated rings. The normalized spacial score (nSPS) is 10.4. The lowest BCUT2D eigenvalue weighted by atomic mass is 10.1. The van der Waals surface area contributed by atoms with Gasteiger partial charge in [0.05, 0.1) is 0 Å². The van der Waals surface area contributed by atoms with Crippen molar-refractivity contribution in [3.05, 3.63) is 29.6 Å². The number of hydrogen-bond donors (Lipinski definition) is 1. The Bertz CT molecular complexity index is 284. The predicted molar refractivity (Wildman–Crippen MR) is 55.9 cm³/mol. The second kappa shape index (κ2) is 5.63. The molecule has 1 aromatic rings. The standard InChI is InChI=1S/C12H17FO/c1-2-3-4-5-6-10-7-8-12(14)11(13)9-10/h7-9,14H,2-6H2,1H3. The van der Waals surface area contributed by atoms with Crippen LogP contribution in [0.15, 0.2) is 18.2 Å². The SMILES string of the molecule is CCCCCCc1ccc(O)c(F)c1. The molecule has 0 radical (unpaired) electrons. The Morgan fingerprint density at radius 1 is 1.21 bits per heavy atom. The highest BCUT2D eigenvalue weighted by atomic mass is 19.1. The molecule has 0 aliphatic heterocycles. The summed E-state index contributed by atoms with van der Waals surface area (Å²) in [5, 5.41) is 8.98. The van der Waals surface area contributed by atoms with Crippen molar-refractivity contribution in [2.75, 3.05) is 0 Å². The number of unbranched alkanes of at least 4 members (excludes halogenated alkanes) is 3. The Labute approximate surface area is 84.6 Å². The molecule has 14 heavy (non-hydrogen) atoms. The summed E-state index contributed by atoms with van der Waals surface area (Å²) in [5.41, 5.74) is 0.969. The van der Waals surface area contributed by atoms with E-state index in [-0.39, 0.29) is 5.75 Å². The molecule has 0 aliphatic rings. The fraction of sp³-hybridized carbons (Fsp3) is 0.500. The molecule has 0 aliphatic carbocycles. The first-order valence-corrected chi connectivity index (χ1v) is 5.21. The molecule has 0 saturated heterocycles. The third-order valence-corrected chi connectivity index (χ3v) is 2.33. The van der Waals surface area contributed by atoms with Gasteiger partial charge in [-0.15, -0.1) is 0 Å². The van der Waals surface area contributed by atoms with Gasteiger partial charge < -0.3 is 5.11 Å². The number of rotatable bonds is 5. The van der Waals surface area contributed by atoms with Gasteiger partial charge in [0.1, 0.15) is 0 Å². The molecule has 0 heterocycles. The lowest BCUT2D eigenvalue weighted by Crippen LogP contribution is -1.87. The Morgan fingerprint density at radius 3 is 2.64 bits per heavy atom. The van der Waals surface area contributed by atoms with E-state index in [9.17, 15) is 4.39 Å². The van der Waals surface area contributed by atoms with Crippen LogP contribution < -0.4 is 0 Å². The van der Waals surface area contributed by atoms with E-state index >= 15 is 0 Å². The molecule has 0 spiro atoms. The quantitative estimate of drug-likeness (QED) is 0.712. The van der Waals surface area contributed by atoms with Gasteiger partial charge in [-0.25, -0.2) is 4.39 Å². The van der Waals surface area contributed by atoms with Crippen molar-refractivity contribution in [3.8, 4) is 5.75 Å². The van der Waals surface area contributed by atoms with E-state index in [1.54, 1.807) is 6.07 Å². The van der Waals surface area contributed by atoms with Gasteiger partial charge >= 0.3 is 0 Å². The Balaban J connectivity index is 2.39. The minimum Gasteiger partial charge on any atom is -0.505 e. The van der Waals surface area contributed by atoms with E-state index in [4.69, 9.17) is 5.11 Å². The van der Waals surface area contributed by atoms with Crippen LogP contribution >= 0.6 is 0 Å². The van der Waals surface area contributed by atoms with Crippen molar-refractivity contribution in [2.45, 2.75) is 39.0 Å². The van der Waals surface area contributed by atoms with Crippen LogP contribution in [-0.2, 0) is 6.42 Å². The lowest BCUT2D eigenvalue weighted by Gasteiger charge is -2.02. The molecule has 78 valence electrons. The van der Waals surface area contributed by atoms with Gasteiger partial charge in [0.2, 0.25) is 0 Å². The number of phenols is 1. The predicted octanol–water partition coefficient (Wildman–Crippen LogP) is 3.65. The molecular weight excluding hydrogens is 179 g/mol. The second-order valence-electron chi connectivity index (χ2n) is 3.60. The van der Waals surface area contributed by atoms with Crippen molar-refractivity contribution in [1.82, 2.24) is 0 Å².